The van der Waals surface area contributed by atoms with E-state index in [2.05, 4.69) is 15.0 Å². The van der Waals surface area contributed by atoms with Crippen molar-refractivity contribution in [2.75, 3.05) is 47.4 Å². The molecular weight excluding hydrogens is 296 g/mol. The molecule has 3 N–H and O–H groups in total. The quantitative estimate of drug-likeness (QED) is 0.519. The maximum atomic E-state index is 12.1. The molecule has 8 nitrogen and oxygen atoms in total. The molecule has 0 aliphatic carbocycles. The number of ether oxygens (including phenoxy) is 1. The minimum atomic E-state index is -3.63. The summed E-state index contributed by atoms with van der Waals surface area (Å²) in [6.45, 7) is 1.65. The summed E-state index contributed by atoms with van der Waals surface area (Å²) in [5, 5.41) is 2.94. The Morgan fingerprint density at radius 2 is 2.14 bits per heavy atom. The van der Waals surface area contributed by atoms with Gasteiger partial charge >= 0.3 is 0 Å². The Hall–Kier alpha value is -1.42. The van der Waals surface area contributed by atoms with E-state index in [1.165, 1.54) is 24.3 Å². The van der Waals surface area contributed by atoms with E-state index in [1.54, 1.807) is 14.1 Å². The van der Waals surface area contributed by atoms with Crippen LogP contribution in [0.15, 0.2) is 17.2 Å². The third kappa shape index (κ3) is 5.12. The number of rotatable bonds is 9. The van der Waals surface area contributed by atoms with Gasteiger partial charge in [0.1, 0.15) is 10.6 Å². The van der Waals surface area contributed by atoms with Crippen molar-refractivity contribution in [1.29, 1.82) is 0 Å². The molecule has 0 saturated heterocycles. The number of carbonyl (C=O) groups excluding carboxylic acids is 1. The SMILES string of the molecule is CNCCN(C)C(=O)c1cc(S(=O)(=O)NCCOC)c[nH]1. The van der Waals surface area contributed by atoms with E-state index < -0.39 is 10.0 Å². The smallest absolute Gasteiger partial charge is 0.270 e. The van der Waals surface area contributed by atoms with Gasteiger partial charge in [-0.2, -0.15) is 0 Å². The van der Waals surface area contributed by atoms with Crippen molar-refractivity contribution < 1.29 is 17.9 Å². The number of methoxy groups -OCH3 is 1. The van der Waals surface area contributed by atoms with Gasteiger partial charge in [0, 0.05) is 40.0 Å². The summed E-state index contributed by atoms with van der Waals surface area (Å²) < 4.78 is 31.1. The topological polar surface area (TPSA) is 104 Å². The summed E-state index contributed by atoms with van der Waals surface area (Å²) >= 11 is 0. The van der Waals surface area contributed by atoms with Crippen LogP contribution in [0.1, 0.15) is 10.5 Å². The molecule has 0 unspecified atom stereocenters. The maximum absolute atomic E-state index is 12.1. The van der Waals surface area contributed by atoms with Gasteiger partial charge in [0.2, 0.25) is 10.0 Å². The van der Waals surface area contributed by atoms with Gasteiger partial charge in [0.15, 0.2) is 0 Å². The molecule has 0 aromatic carbocycles. The third-order valence-corrected chi connectivity index (χ3v) is 4.28. The lowest BCUT2D eigenvalue weighted by Crippen LogP contribution is -2.33. The molecule has 0 fully saturated rings. The molecule has 0 spiro atoms. The number of aromatic amines is 1. The Morgan fingerprint density at radius 1 is 1.43 bits per heavy atom. The van der Waals surface area contributed by atoms with Crippen molar-refractivity contribution in [2.24, 2.45) is 0 Å². The van der Waals surface area contributed by atoms with Crippen LogP contribution in [-0.4, -0.2) is 71.7 Å². The number of hydrogen-bond acceptors (Lipinski definition) is 5. The standard InChI is InChI=1S/C12H22N4O4S/c1-13-4-6-16(2)12(17)11-8-10(9-14-11)21(18,19)15-5-7-20-3/h8-9,13-15H,4-7H2,1-3H3. The fraction of sp³-hybridized carbons (Fsp3) is 0.583. The second-order valence-corrected chi connectivity index (χ2v) is 6.24. The Balaban J connectivity index is 2.74. The molecule has 0 bridgehead atoms. The van der Waals surface area contributed by atoms with E-state index in [9.17, 15) is 13.2 Å². The van der Waals surface area contributed by atoms with Crippen molar-refractivity contribution in [3.05, 3.63) is 18.0 Å². The minimum Gasteiger partial charge on any atom is -0.383 e. The lowest BCUT2D eigenvalue weighted by Gasteiger charge is -2.15. The highest BCUT2D eigenvalue weighted by Gasteiger charge is 2.19. The molecule has 21 heavy (non-hydrogen) atoms. The zero-order chi connectivity index (χ0) is 15.9. The predicted molar refractivity (Wildman–Crippen MR) is 78.7 cm³/mol. The first-order valence-corrected chi connectivity index (χ1v) is 7.97. The number of nitrogens with zero attached hydrogens (tertiary/aromatic N) is 1. The highest BCUT2D eigenvalue weighted by Crippen LogP contribution is 2.11. The molecule has 120 valence electrons. The largest absolute Gasteiger partial charge is 0.383 e. The first kappa shape index (κ1) is 17.6. The van der Waals surface area contributed by atoms with Gasteiger partial charge in [-0.05, 0) is 13.1 Å². The fourth-order valence-corrected chi connectivity index (χ4v) is 2.61. The Bertz CT molecular complexity index is 555. The van der Waals surface area contributed by atoms with Crippen molar-refractivity contribution in [3.8, 4) is 0 Å². The van der Waals surface area contributed by atoms with Gasteiger partial charge in [-0.25, -0.2) is 13.1 Å². The van der Waals surface area contributed by atoms with Crippen molar-refractivity contribution in [3.63, 3.8) is 0 Å². The Morgan fingerprint density at radius 3 is 2.76 bits per heavy atom. The average Bonchev–Trinajstić information content (AvgIpc) is 2.94. The minimum absolute atomic E-state index is 0.0315. The summed E-state index contributed by atoms with van der Waals surface area (Å²) in [5.41, 5.74) is 0.237. The highest BCUT2D eigenvalue weighted by atomic mass is 32.2. The number of nitrogens with one attached hydrogen (secondary N) is 3. The van der Waals surface area contributed by atoms with Crippen LogP contribution in [0.5, 0.6) is 0 Å². The first-order valence-electron chi connectivity index (χ1n) is 6.49. The van der Waals surface area contributed by atoms with Crippen molar-refractivity contribution in [2.45, 2.75) is 4.90 Å². The van der Waals surface area contributed by atoms with Crippen LogP contribution in [0.2, 0.25) is 0 Å². The molecule has 1 rings (SSSR count). The molecule has 1 heterocycles. The molecule has 1 aromatic rings. The molecule has 1 aromatic heterocycles. The number of H-pyrrole nitrogens is 1. The molecule has 0 atom stereocenters. The van der Waals surface area contributed by atoms with Crippen LogP contribution in [-0.2, 0) is 14.8 Å². The molecule has 1 amide bonds. The third-order valence-electron chi connectivity index (χ3n) is 2.84. The number of likely N-dealkylation sites (N-methyl/N-ethyl adjacent to an activating group) is 2. The number of amides is 1. The second-order valence-electron chi connectivity index (χ2n) is 4.47. The van der Waals surface area contributed by atoms with E-state index >= 15 is 0 Å². The lowest BCUT2D eigenvalue weighted by molar-refractivity contribution is 0.0791. The molecule has 0 radical (unpaired) electrons. The zero-order valence-corrected chi connectivity index (χ0v) is 13.3. The lowest BCUT2D eigenvalue weighted by atomic mass is 10.3. The van der Waals surface area contributed by atoms with E-state index in [0.717, 1.165) is 0 Å². The average molecular weight is 318 g/mol. The fourth-order valence-electron chi connectivity index (χ4n) is 1.60. The van der Waals surface area contributed by atoms with Gasteiger partial charge in [0.25, 0.3) is 5.91 Å². The maximum Gasteiger partial charge on any atom is 0.270 e. The summed E-state index contributed by atoms with van der Waals surface area (Å²) in [6.07, 6.45) is 1.30. The van der Waals surface area contributed by atoms with E-state index in [-0.39, 0.29) is 29.6 Å². The monoisotopic (exact) mass is 318 g/mol. The first-order chi connectivity index (χ1) is 9.92. The number of carbonyl (C=O) groups is 1. The second kappa shape index (κ2) is 8.13. The van der Waals surface area contributed by atoms with Gasteiger partial charge in [-0.1, -0.05) is 0 Å². The van der Waals surface area contributed by atoms with Crippen LogP contribution in [0.3, 0.4) is 0 Å². The molecule has 0 aliphatic rings. The number of aromatic nitrogens is 1. The van der Waals surface area contributed by atoms with Crippen LogP contribution in [0, 0.1) is 0 Å². The summed E-state index contributed by atoms with van der Waals surface area (Å²) in [5.74, 6) is -0.261. The van der Waals surface area contributed by atoms with Crippen LogP contribution in [0.4, 0.5) is 0 Å². The zero-order valence-electron chi connectivity index (χ0n) is 12.5. The van der Waals surface area contributed by atoms with Gasteiger partial charge in [-0.3, -0.25) is 4.79 Å². The number of sulfonamides is 1. The normalized spacial score (nSPS) is 11.6. The van der Waals surface area contributed by atoms with Crippen molar-refractivity contribution in [1.82, 2.24) is 19.9 Å². The van der Waals surface area contributed by atoms with E-state index in [0.29, 0.717) is 13.1 Å². The molecule has 0 aliphatic heterocycles. The van der Waals surface area contributed by atoms with Gasteiger partial charge in [0.05, 0.1) is 6.61 Å². The van der Waals surface area contributed by atoms with Crippen LogP contribution < -0.4 is 10.0 Å². The van der Waals surface area contributed by atoms with Gasteiger partial charge in [-0.15, -0.1) is 0 Å². The van der Waals surface area contributed by atoms with E-state index in [1.807, 2.05) is 0 Å². The molecule has 0 saturated carbocycles. The molecule has 9 heteroatoms. The summed E-state index contributed by atoms with van der Waals surface area (Å²) in [7, 11) is 1.31. The highest BCUT2D eigenvalue weighted by molar-refractivity contribution is 7.89. The van der Waals surface area contributed by atoms with Gasteiger partial charge < -0.3 is 19.9 Å². The van der Waals surface area contributed by atoms with Crippen LogP contribution in [0.25, 0.3) is 0 Å². The molecular formula is C12H22N4O4S. The number of hydrogen-bond donors (Lipinski definition) is 3. The predicted octanol–water partition coefficient (Wildman–Crippen LogP) is -0.769. The Kier molecular flexibility index (Phi) is 6.82. The van der Waals surface area contributed by atoms with Crippen molar-refractivity contribution >= 4 is 15.9 Å². The van der Waals surface area contributed by atoms with E-state index in [4.69, 9.17) is 4.74 Å². The van der Waals surface area contributed by atoms with Crippen LogP contribution >= 0.6 is 0 Å². The summed E-state index contributed by atoms with van der Waals surface area (Å²) in [6, 6.07) is 1.33. The summed E-state index contributed by atoms with van der Waals surface area (Å²) in [4.78, 5) is 16.3. The Labute approximate surface area is 124 Å².